The van der Waals surface area contributed by atoms with Crippen molar-refractivity contribution in [1.82, 2.24) is 10.3 Å². The summed E-state index contributed by atoms with van der Waals surface area (Å²) in [5, 5.41) is 2.79. The lowest BCUT2D eigenvalue weighted by Crippen LogP contribution is -2.39. The first kappa shape index (κ1) is 14.7. The molecule has 0 atom stereocenters. The molecular weight excluding hydrogens is 266 g/mol. The number of carbonyl (C=O) groups is 2. The number of benzene rings is 1. The molecule has 0 radical (unpaired) electrons. The minimum Gasteiger partial charge on any atom is -0.350 e. The molecule has 0 spiro atoms. The molecule has 2 aromatic rings. The third-order valence-corrected chi connectivity index (χ3v) is 2.99. The van der Waals surface area contributed by atoms with Crippen LogP contribution in [0.25, 0.3) is 0 Å². The number of anilines is 1. The van der Waals surface area contributed by atoms with E-state index < -0.39 is 0 Å². The number of hydrogen-bond acceptors (Lipinski definition) is 3. The van der Waals surface area contributed by atoms with Crippen molar-refractivity contribution in [3.63, 3.8) is 0 Å². The van der Waals surface area contributed by atoms with Crippen molar-refractivity contribution in [2.24, 2.45) is 0 Å². The number of nitrogens with zero attached hydrogens (tertiary/aromatic N) is 2. The molecular formula is C16H17N3O2. The molecule has 0 saturated heterocycles. The number of nitrogens with one attached hydrogen (secondary N) is 1. The topological polar surface area (TPSA) is 62.3 Å². The molecule has 5 nitrogen and oxygen atoms in total. The summed E-state index contributed by atoms with van der Waals surface area (Å²) < 4.78 is 0. The Balaban J connectivity index is 1.95. The minimum absolute atomic E-state index is 0.00440. The molecule has 0 unspecified atom stereocenters. The second-order valence-electron chi connectivity index (χ2n) is 4.57. The maximum atomic E-state index is 12.0. The van der Waals surface area contributed by atoms with Crippen molar-refractivity contribution in [3.05, 3.63) is 60.4 Å². The van der Waals surface area contributed by atoms with E-state index >= 15 is 0 Å². The van der Waals surface area contributed by atoms with Crippen LogP contribution in [0, 0.1) is 0 Å². The van der Waals surface area contributed by atoms with Gasteiger partial charge in [0.25, 0.3) is 0 Å². The third-order valence-electron chi connectivity index (χ3n) is 2.99. The average Bonchev–Trinajstić information content (AvgIpc) is 2.52. The summed E-state index contributed by atoms with van der Waals surface area (Å²) in [4.78, 5) is 29.0. The fourth-order valence-corrected chi connectivity index (χ4v) is 1.89. The van der Waals surface area contributed by atoms with Gasteiger partial charge < -0.3 is 10.2 Å². The lowest BCUT2D eigenvalue weighted by atomic mass is 10.2. The highest BCUT2D eigenvalue weighted by molar-refractivity contribution is 5.97. The molecule has 108 valence electrons. The van der Waals surface area contributed by atoms with Crippen LogP contribution in [0.1, 0.15) is 12.5 Å². The van der Waals surface area contributed by atoms with E-state index in [1.54, 1.807) is 24.5 Å². The molecule has 0 saturated carbocycles. The lowest BCUT2D eigenvalue weighted by molar-refractivity contribution is -0.123. The fourth-order valence-electron chi connectivity index (χ4n) is 1.89. The van der Waals surface area contributed by atoms with Crippen molar-refractivity contribution >= 4 is 17.5 Å². The molecule has 1 aromatic carbocycles. The van der Waals surface area contributed by atoms with Crippen LogP contribution in [0.4, 0.5) is 5.69 Å². The zero-order valence-electron chi connectivity index (χ0n) is 11.8. The van der Waals surface area contributed by atoms with Crippen LogP contribution in [0.3, 0.4) is 0 Å². The van der Waals surface area contributed by atoms with Crippen LogP contribution < -0.4 is 10.2 Å². The normalized spacial score (nSPS) is 9.95. The van der Waals surface area contributed by atoms with E-state index in [1.165, 1.54) is 11.8 Å². The average molecular weight is 283 g/mol. The van der Waals surface area contributed by atoms with Gasteiger partial charge in [0.05, 0.1) is 0 Å². The van der Waals surface area contributed by atoms with Gasteiger partial charge in [0.1, 0.15) is 6.54 Å². The Morgan fingerprint density at radius 1 is 1.10 bits per heavy atom. The number of carbonyl (C=O) groups excluding carboxylic acids is 2. The smallest absolute Gasteiger partial charge is 0.240 e. The number of amides is 2. The van der Waals surface area contributed by atoms with Gasteiger partial charge in [-0.05, 0) is 29.8 Å². The van der Waals surface area contributed by atoms with Crippen molar-refractivity contribution in [2.75, 3.05) is 11.4 Å². The SMILES string of the molecule is CC(=O)N(CC(=O)NCc1ccncc1)c1ccccc1. The summed E-state index contributed by atoms with van der Waals surface area (Å²) in [6, 6.07) is 12.8. The first-order chi connectivity index (χ1) is 10.2. The molecule has 1 heterocycles. The van der Waals surface area contributed by atoms with Gasteiger partial charge in [-0.2, -0.15) is 0 Å². The molecule has 1 N–H and O–H groups in total. The first-order valence-corrected chi connectivity index (χ1v) is 6.65. The third kappa shape index (κ3) is 4.42. The number of para-hydroxylation sites is 1. The highest BCUT2D eigenvalue weighted by atomic mass is 16.2. The van der Waals surface area contributed by atoms with E-state index in [2.05, 4.69) is 10.3 Å². The van der Waals surface area contributed by atoms with Crippen molar-refractivity contribution in [1.29, 1.82) is 0 Å². The highest BCUT2D eigenvalue weighted by Crippen LogP contribution is 2.12. The summed E-state index contributed by atoms with van der Waals surface area (Å²) in [5.74, 6) is -0.369. The molecule has 0 aliphatic rings. The fraction of sp³-hybridized carbons (Fsp3) is 0.188. The molecule has 0 aliphatic carbocycles. The van der Waals surface area contributed by atoms with Gasteiger partial charge in [0, 0.05) is 31.5 Å². The number of pyridine rings is 1. The Kier molecular flexibility index (Phi) is 5.04. The van der Waals surface area contributed by atoms with Gasteiger partial charge in [-0.3, -0.25) is 14.6 Å². The van der Waals surface area contributed by atoms with E-state index in [1.807, 2.05) is 30.3 Å². The monoisotopic (exact) mass is 283 g/mol. The molecule has 0 fully saturated rings. The summed E-state index contributed by atoms with van der Waals surface area (Å²) in [6.45, 7) is 1.87. The molecule has 2 rings (SSSR count). The number of hydrogen-bond donors (Lipinski definition) is 1. The van der Waals surface area contributed by atoms with Crippen LogP contribution in [0.5, 0.6) is 0 Å². The van der Waals surface area contributed by atoms with E-state index in [0.717, 1.165) is 5.56 Å². The lowest BCUT2D eigenvalue weighted by Gasteiger charge is -2.20. The largest absolute Gasteiger partial charge is 0.350 e. The van der Waals surface area contributed by atoms with Crippen LogP contribution in [-0.2, 0) is 16.1 Å². The molecule has 5 heteroatoms. The summed E-state index contributed by atoms with van der Waals surface area (Å²) in [6.07, 6.45) is 3.35. The van der Waals surface area contributed by atoms with Crippen LogP contribution in [0.15, 0.2) is 54.9 Å². The van der Waals surface area contributed by atoms with Crippen molar-refractivity contribution in [2.45, 2.75) is 13.5 Å². The van der Waals surface area contributed by atoms with E-state index in [4.69, 9.17) is 0 Å². The molecule has 0 aliphatic heterocycles. The van der Waals surface area contributed by atoms with Crippen molar-refractivity contribution < 1.29 is 9.59 Å². The Morgan fingerprint density at radius 2 is 1.76 bits per heavy atom. The maximum absolute atomic E-state index is 12.0. The maximum Gasteiger partial charge on any atom is 0.240 e. The van der Waals surface area contributed by atoms with Crippen molar-refractivity contribution in [3.8, 4) is 0 Å². The molecule has 21 heavy (non-hydrogen) atoms. The van der Waals surface area contributed by atoms with Crippen LogP contribution >= 0.6 is 0 Å². The van der Waals surface area contributed by atoms with Gasteiger partial charge in [0.2, 0.25) is 11.8 Å². The van der Waals surface area contributed by atoms with E-state index in [-0.39, 0.29) is 18.4 Å². The molecule has 2 amide bonds. The van der Waals surface area contributed by atoms with Gasteiger partial charge in [0.15, 0.2) is 0 Å². The zero-order chi connectivity index (χ0) is 15.1. The quantitative estimate of drug-likeness (QED) is 0.909. The van der Waals surface area contributed by atoms with Crippen LogP contribution in [0.2, 0.25) is 0 Å². The summed E-state index contributed by atoms with van der Waals surface area (Å²) >= 11 is 0. The van der Waals surface area contributed by atoms with Gasteiger partial charge in [-0.25, -0.2) is 0 Å². The zero-order valence-corrected chi connectivity index (χ0v) is 11.8. The second kappa shape index (κ2) is 7.19. The summed E-state index contributed by atoms with van der Waals surface area (Å²) in [5.41, 5.74) is 1.68. The Bertz CT molecular complexity index is 599. The highest BCUT2D eigenvalue weighted by Gasteiger charge is 2.15. The predicted molar refractivity (Wildman–Crippen MR) is 80.6 cm³/mol. The van der Waals surface area contributed by atoms with Gasteiger partial charge in [-0.15, -0.1) is 0 Å². The van der Waals surface area contributed by atoms with Gasteiger partial charge in [-0.1, -0.05) is 18.2 Å². The standard InChI is InChI=1S/C16H17N3O2/c1-13(20)19(15-5-3-2-4-6-15)12-16(21)18-11-14-7-9-17-10-8-14/h2-10H,11-12H2,1H3,(H,18,21). The Hall–Kier alpha value is -2.69. The summed E-state index contributed by atoms with van der Waals surface area (Å²) in [7, 11) is 0. The Morgan fingerprint density at radius 3 is 2.38 bits per heavy atom. The number of rotatable bonds is 5. The van der Waals surface area contributed by atoms with Gasteiger partial charge >= 0.3 is 0 Å². The molecule has 1 aromatic heterocycles. The Labute approximate surface area is 123 Å². The van der Waals surface area contributed by atoms with E-state index in [9.17, 15) is 9.59 Å². The second-order valence-corrected chi connectivity index (χ2v) is 4.57. The van der Waals surface area contributed by atoms with Crippen LogP contribution in [-0.4, -0.2) is 23.3 Å². The first-order valence-electron chi connectivity index (χ1n) is 6.65. The number of aromatic nitrogens is 1. The molecule has 0 bridgehead atoms. The minimum atomic E-state index is -0.203. The van der Waals surface area contributed by atoms with E-state index in [0.29, 0.717) is 12.2 Å². The predicted octanol–water partition coefficient (Wildman–Crippen LogP) is 1.75.